The maximum atomic E-state index is 12.3. The van der Waals surface area contributed by atoms with E-state index < -0.39 is 23.5 Å². The van der Waals surface area contributed by atoms with Gasteiger partial charge in [-0.05, 0) is 0 Å². The molecule has 0 bridgehead atoms. The van der Waals surface area contributed by atoms with Gasteiger partial charge in [0.15, 0.2) is 6.10 Å². The molecule has 0 radical (unpaired) electrons. The third-order valence-electron chi connectivity index (χ3n) is 1.73. The van der Waals surface area contributed by atoms with Crippen LogP contribution in [0.2, 0.25) is 0 Å². The first kappa shape index (κ1) is 11.6. The van der Waals surface area contributed by atoms with Crippen molar-refractivity contribution in [2.24, 2.45) is 0 Å². The highest BCUT2D eigenvalue weighted by Crippen LogP contribution is 2.36. The number of alkyl halides is 3. The molecule has 0 aromatic heterocycles. The SMILES string of the molecule is CC1COC(C(F)(F)F)C(C(=O)O)S1. The summed E-state index contributed by atoms with van der Waals surface area (Å²) in [5.74, 6) is -1.48. The molecule has 1 N–H and O–H groups in total. The predicted octanol–water partition coefficient (Wildman–Crippen LogP) is 1.52. The zero-order valence-electron chi connectivity index (χ0n) is 7.25. The minimum Gasteiger partial charge on any atom is -0.480 e. The molecule has 82 valence electrons. The Morgan fingerprint density at radius 3 is 2.57 bits per heavy atom. The van der Waals surface area contributed by atoms with E-state index in [0.29, 0.717) is 0 Å². The number of aliphatic carboxylic acids is 1. The molecular weight excluding hydrogens is 221 g/mol. The molecule has 0 amide bonds. The first-order valence-corrected chi connectivity index (χ1v) is 4.83. The number of hydrogen-bond acceptors (Lipinski definition) is 3. The molecule has 1 heterocycles. The van der Waals surface area contributed by atoms with Crippen LogP contribution in [0.25, 0.3) is 0 Å². The van der Waals surface area contributed by atoms with Gasteiger partial charge in [-0.1, -0.05) is 6.92 Å². The van der Waals surface area contributed by atoms with E-state index in [0.717, 1.165) is 11.8 Å². The fourth-order valence-corrected chi connectivity index (χ4v) is 2.29. The van der Waals surface area contributed by atoms with E-state index >= 15 is 0 Å². The lowest BCUT2D eigenvalue weighted by Gasteiger charge is -2.33. The standard InChI is InChI=1S/C7H9F3O3S/c1-3-2-13-5(7(8,9)10)4(14-3)6(11)12/h3-5H,2H2,1H3,(H,11,12). The first-order valence-electron chi connectivity index (χ1n) is 3.89. The Labute approximate surface area is 82.6 Å². The summed E-state index contributed by atoms with van der Waals surface area (Å²) in [5, 5.41) is 6.81. The van der Waals surface area contributed by atoms with E-state index in [1.54, 1.807) is 6.92 Å². The molecule has 1 aliphatic heterocycles. The van der Waals surface area contributed by atoms with Gasteiger partial charge in [0, 0.05) is 5.25 Å². The Balaban J connectivity index is 2.78. The summed E-state index contributed by atoms with van der Waals surface area (Å²) in [5.41, 5.74) is 0. The van der Waals surface area contributed by atoms with Gasteiger partial charge in [0.1, 0.15) is 5.25 Å². The third kappa shape index (κ3) is 2.54. The summed E-state index contributed by atoms with van der Waals surface area (Å²) in [6, 6.07) is 0. The van der Waals surface area contributed by atoms with E-state index in [9.17, 15) is 18.0 Å². The van der Waals surface area contributed by atoms with Crippen LogP contribution in [0, 0.1) is 0 Å². The Morgan fingerprint density at radius 1 is 1.57 bits per heavy atom. The molecule has 0 saturated carbocycles. The molecule has 0 spiro atoms. The average Bonchev–Trinajstić information content (AvgIpc) is 2.01. The van der Waals surface area contributed by atoms with Crippen LogP contribution < -0.4 is 0 Å². The summed E-state index contributed by atoms with van der Waals surface area (Å²) in [4.78, 5) is 10.6. The highest BCUT2D eigenvalue weighted by atomic mass is 32.2. The lowest BCUT2D eigenvalue weighted by Crippen LogP contribution is -2.49. The minimum atomic E-state index is -4.61. The van der Waals surface area contributed by atoms with Gasteiger partial charge in [0.05, 0.1) is 6.61 Å². The zero-order valence-corrected chi connectivity index (χ0v) is 8.06. The quantitative estimate of drug-likeness (QED) is 0.742. The number of rotatable bonds is 1. The van der Waals surface area contributed by atoms with Crippen molar-refractivity contribution in [3.63, 3.8) is 0 Å². The summed E-state index contributed by atoms with van der Waals surface area (Å²) < 4.78 is 41.3. The molecule has 1 saturated heterocycles. The van der Waals surface area contributed by atoms with E-state index in [2.05, 4.69) is 4.74 Å². The molecule has 0 aliphatic carbocycles. The first-order chi connectivity index (χ1) is 6.32. The van der Waals surface area contributed by atoms with E-state index in [4.69, 9.17) is 5.11 Å². The average molecular weight is 230 g/mol. The number of halogens is 3. The number of thioether (sulfide) groups is 1. The Bertz CT molecular complexity index is 231. The smallest absolute Gasteiger partial charge is 0.416 e. The third-order valence-corrected chi connectivity index (χ3v) is 3.07. The summed E-state index contributed by atoms with van der Waals surface area (Å²) in [6.07, 6.45) is -6.81. The van der Waals surface area contributed by atoms with Gasteiger partial charge in [0.25, 0.3) is 0 Å². The molecule has 1 rings (SSSR count). The number of hydrogen-bond donors (Lipinski definition) is 1. The molecule has 0 aromatic rings. The molecule has 1 aliphatic rings. The number of ether oxygens (including phenoxy) is 1. The highest BCUT2D eigenvalue weighted by Gasteiger charge is 2.51. The molecule has 0 aromatic carbocycles. The van der Waals surface area contributed by atoms with Crippen LogP contribution in [-0.2, 0) is 9.53 Å². The van der Waals surface area contributed by atoms with Crippen molar-refractivity contribution in [3.05, 3.63) is 0 Å². The van der Waals surface area contributed by atoms with Crippen LogP contribution in [0.3, 0.4) is 0 Å². The molecular formula is C7H9F3O3S. The van der Waals surface area contributed by atoms with Gasteiger partial charge < -0.3 is 9.84 Å². The highest BCUT2D eigenvalue weighted by molar-refractivity contribution is 8.01. The second-order valence-corrected chi connectivity index (χ2v) is 4.59. The van der Waals surface area contributed by atoms with Crippen LogP contribution in [-0.4, -0.2) is 40.5 Å². The van der Waals surface area contributed by atoms with Crippen LogP contribution in [0.15, 0.2) is 0 Å². The van der Waals surface area contributed by atoms with Crippen molar-refractivity contribution in [3.8, 4) is 0 Å². The van der Waals surface area contributed by atoms with Crippen molar-refractivity contribution in [2.75, 3.05) is 6.61 Å². The second-order valence-electron chi connectivity index (χ2n) is 3.00. The van der Waals surface area contributed by atoms with Gasteiger partial charge in [-0.15, -0.1) is 11.8 Å². The van der Waals surface area contributed by atoms with Gasteiger partial charge in [0.2, 0.25) is 0 Å². The van der Waals surface area contributed by atoms with Crippen molar-refractivity contribution in [1.29, 1.82) is 0 Å². The minimum absolute atomic E-state index is 0.0708. The topological polar surface area (TPSA) is 46.5 Å². The van der Waals surface area contributed by atoms with Crippen molar-refractivity contribution < 1.29 is 27.8 Å². The summed E-state index contributed by atoms with van der Waals surface area (Å²) >= 11 is 0.785. The summed E-state index contributed by atoms with van der Waals surface area (Å²) in [7, 11) is 0. The molecule has 3 nitrogen and oxygen atoms in total. The van der Waals surface area contributed by atoms with Gasteiger partial charge >= 0.3 is 12.1 Å². The van der Waals surface area contributed by atoms with Crippen LogP contribution in [0.1, 0.15) is 6.92 Å². The monoisotopic (exact) mass is 230 g/mol. The second kappa shape index (κ2) is 3.98. The predicted molar refractivity (Wildman–Crippen MR) is 44.3 cm³/mol. The van der Waals surface area contributed by atoms with Gasteiger partial charge in [-0.3, -0.25) is 4.79 Å². The Morgan fingerprint density at radius 2 is 2.14 bits per heavy atom. The van der Waals surface area contributed by atoms with Gasteiger partial charge in [-0.2, -0.15) is 13.2 Å². The number of carbonyl (C=O) groups is 1. The van der Waals surface area contributed by atoms with Crippen LogP contribution in [0.5, 0.6) is 0 Å². The van der Waals surface area contributed by atoms with Crippen LogP contribution in [0.4, 0.5) is 13.2 Å². The Hall–Kier alpha value is -0.430. The fourth-order valence-electron chi connectivity index (χ4n) is 1.14. The molecule has 1 fully saturated rings. The van der Waals surface area contributed by atoms with Crippen molar-refractivity contribution in [1.82, 2.24) is 0 Å². The molecule has 7 heteroatoms. The molecule has 14 heavy (non-hydrogen) atoms. The number of carboxylic acids is 1. The molecule has 3 atom stereocenters. The normalized spacial score (nSPS) is 34.1. The number of carboxylic acid groups (broad SMARTS) is 1. The van der Waals surface area contributed by atoms with E-state index in [1.807, 2.05) is 0 Å². The largest absolute Gasteiger partial charge is 0.480 e. The van der Waals surface area contributed by atoms with E-state index in [1.165, 1.54) is 0 Å². The Kier molecular flexibility index (Phi) is 3.31. The fraction of sp³-hybridized carbons (Fsp3) is 0.857. The maximum absolute atomic E-state index is 12.3. The van der Waals surface area contributed by atoms with Crippen molar-refractivity contribution >= 4 is 17.7 Å². The van der Waals surface area contributed by atoms with Gasteiger partial charge in [-0.25, -0.2) is 0 Å². The summed E-state index contributed by atoms with van der Waals surface area (Å²) in [6.45, 7) is 1.56. The lowest BCUT2D eigenvalue weighted by atomic mass is 10.2. The van der Waals surface area contributed by atoms with Crippen molar-refractivity contribution in [2.45, 2.75) is 29.7 Å². The lowest BCUT2D eigenvalue weighted by molar-refractivity contribution is -0.223. The molecule has 3 unspecified atom stereocenters. The maximum Gasteiger partial charge on any atom is 0.416 e. The zero-order chi connectivity index (χ0) is 10.9. The van der Waals surface area contributed by atoms with Crippen LogP contribution >= 0.6 is 11.8 Å². The van der Waals surface area contributed by atoms with E-state index in [-0.39, 0.29) is 11.9 Å².